The summed E-state index contributed by atoms with van der Waals surface area (Å²) in [5.74, 6) is 0.547. The number of fused-ring (bicyclic) bond motifs is 1. The molecule has 0 spiro atoms. The summed E-state index contributed by atoms with van der Waals surface area (Å²) in [7, 11) is 0. The molecule has 18 heavy (non-hydrogen) atoms. The molecule has 2 rings (SSSR count). The molecule has 98 valence electrons. The summed E-state index contributed by atoms with van der Waals surface area (Å²) in [6, 6.07) is 6.19. The lowest BCUT2D eigenvalue weighted by atomic mass is 9.92. The lowest BCUT2D eigenvalue weighted by Gasteiger charge is -2.44. The molecule has 0 unspecified atom stereocenters. The van der Waals surface area contributed by atoms with Crippen LogP contribution in [-0.4, -0.2) is 18.0 Å². The lowest BCUT2D eigenvalue weighted by Crippen LogP contribution is -2.54. The fourth-order valence-electron chi connectivity index (χ4n) is 2.72. The lowest BCUT2D eigenvalue weighted by molar-refractivity contribution is -0.117. The third kappa shape index (κ3) is 1.98. The van der Waals surface area contributed by atoms with Crippen molar-refractivity contribution in [3.8, 4) is 0 Å². The number of hydrogen-bond acceptors (Lipinski definition) is 2. The van der Waals surface area contributed by atoms with Crippen molar-refractivity contribution in [1.29, 1.82) is 0 Å². The Morgan fingerprint density at radius 2 is 2.06 bits per heavy atom. The van der Waals surface area contributed by atoms with Gasteiger partial charge in [-0.3, -0.25) is 4.79 Å². The SMILES string of the molecule is CC(=O)N1c2cccc(C(C)C)c2NCC1(C)C. The van der Waals surface area contributed by atoms with Crippen LogP contribution >= 0.6 is 0 Å². The quantitative estimate of drug-likeness (QED) is 0.824. The van der Waals surface area contributed by atoms with E-state index in [0.717, 1.165) is 17.9 Å². The van der Waals surface area contributed by atoms with Gasteiger partial charge in [-0.05, 0) is 31.4 Å². The molecule has 1 aliphatic rings. The van der Waals surface area contributed by atoms with Gasteiger partial charge < -0.3 is 10.2 Å². The Kier molecular flexibility index (Phi) is 3.09. The van der Waals surface area contributed by atoms with Crippen molar-refractivity contribution in [3.05, 3.63) is 23.8 Å². The third-order valence-corrected chi connectivity index (χ3v) is 3.56. The van der Waals surface area contributed by atoms with Gasteiger partial charge in [0.05, 0.1) is 16.9 Å². The Morgan fingerprint density at radius 3 is 2.61 bits per heavy atom. The van der Waals surface area contributed by atoms with Gasteiger partial charge in [-0.1, -0.05) is 26.0 Å². The van der Waals surface area contributed by atoms with Crippen molar-refractivity contribution in [2.45, 2.75) is 46.1 Å². The average molecular weight is 246 g/mol. The van der Waals surface area contributed by atoms with Crippen LogP contribution in [0, 0.1) is 0 Å². The van der Waals surface area contributed by atoms with Gasteiger partial charge in [0, 0.05) is 13.5 Å². The molecule has 0 atom stereocenters. The number of carbonyl (C=O) groups excluding carboxylic acids is 1. The second kappa shape index (κ2) is 4.30. The summed E-state index contributed by atoms with van der Waals surface area (Å²) in [5.41, 5.74) is 3.20. The molecule has 1 aromatic carbocycles. The topological polar surface area (TPSA) is 32.3 Å². The Hall–Kier alpha value is -1.51. The van der Waals surface area contributed by atoms with Gasteiger partial charge in [0.25, 0.3) is 0 Å². The summed E-state index contributed by atoms with van der Waals surface area (Å²) >= 11 is 0. The number of rotatable bonds is 1. The number of anilines is 2. The maximum Gasteiger partial charge on any atom is 0.224 e. The van der Waals surface area contributed by atoms with Crippen LogP contribution in [0.25, 0.3) is 0 Å². The van der Waals surface area contributed by atoms with Crippen molar-refractivity contribution in [3.63, 3.8) is 0 Å². The summed E-state index contributed by atoms with van der Waals surface area (Å²) in [6.07, 6.45) is 0. The number of benzene rings is 1. The highest BCUT2D eigenvalue weighted by Crippen LogP contribution is 2.40. The largest absolute Gasteiger partial charge is 0.381 e. The highest BCUT2D eigenvalue weighted by Gasteiger charge is 2.36. The Labute approximate surface area is 109 Å². The highest BCUT2D eigenvalue weighted by atomic mass is 16.2. The Bertz CT molecular complexity index is 477. The molecule has 0 aromatic heterocycles. The van der Waals surface area contributed by atoms with Gasteiger partial charge in [0.2, 0.25) is 5.91 Å². The van der Waals surface area contributed by atoms with E-state index < -0.39 is 0 Å². The van der Waals surface area contributed by atoms with Gasteiger partial charge >= 0.3 is 0 Å². The van der Waals surface area contributed by atoms with Gasteiger partial charge in [-0.2, -0.15) is 0 Å². The predicted octanol–water partition coefficient (Wildman–Crippen LogP) is 3.37. The smallest absolute Gasteiger partial charge is 0.224 e. The van der Waals surface area contributed by atoms with E-state index in [2.05, 4.69) is 39.1 Å². The van der Waals surface area contributed by atoms with Crippen molar-refractivity contribution in [1.82, 2.24) is 0 Å². The highest BCUT2D eigenvalue weighted by molar-refractivity contribution is 5.98. The molecular weight excluding hydrogens is 224 g/mol. The molecule has 1 N–H and O–H groups in total. The van der Waals surface area contributed by atoms with Crippen molar-refractivity contribution in [2.24, 2.45) is 0 Å². The maximum absolute atomic E-state index is 12.0. The monoisotopic (exact) mass is 246 g/mol. The van der Waals surface area contributed by atoms with E-state index in [1.54, 1.807) is 6.92 Å². The van der Waals surface area contributed by atoms with Crippen LogP contribution in [-0.2, 0) is 4.79 Å². The number of hydrogen-bond donors (Lipinski definition) is 1. The first-order valence-electron chi connectivity index (χ1n) is 6.52. The third-order valence-electron chi connectivity index (χ3n) is 3.56. The molecule has 0 bridgehead atoms. The first-order valence-corrected chi connectivity index (χ1v) is 6.52. The molecule has 1 heterocycles. The van der Waals surface area contributed by atoms with E-state index in [4.69, 9.17) is 0 Å². The van der Waals surface area contributed by atoms with E-state index in [0.29, 0.717) is 5.92 Å². The molecule has 0 saturated heterocycles. The predicted molar refractivity (Wildman–Crippen MR) is 76.3 cm³/mol. The zero-order chi connectivity index (χ0) is 13.5. The average Bonchev–Trinajstić information content (AvgIpc) is 2.25. The zero-order valence-electron chi connectivity index (χ0n) is 11.9. The van der Waals surface area contributed by atoms with Crippen LogP contribution in [0.4, 0.5) is 11.4 Å². The van der Waals surface area contributed by atoms with Gasteiger partial charge in [-0.25, -0.2) is 0 Å². The second-order valence-electron chi connectivity index (χ2n) is 5.92. The van der Waals surface area contributed by atoms with Gasteiger partial charge in [0.15, 0.2) is 0 Å². The molecule has 0 fully saturated rings. The van der Waals surface area contributed by atoms with Gasteiger partial charge in [0.1, 0.15) is 0 Å². The van der Waals surface area contributed by atoms with Crippen LogP contribution < -0.4 is 10.2 Å². The number of carbonyl (C=O) groups is 1. The van der Waals surface area contributed by atoms with E-state index in [1.807, 2.05) is 17.0 Å². The van der Waals surface area contributed by atoms with Crippen LogP contribution in [0.1, 0.15) is 46.1 Å². The normalized spacial score (nSPS) is 17.3. The molecule has 1 aromatic rings. The first-order chi connectivity index (χ1) is 8.34. The Morgan fingerprint density at radius 1 is 1.39 bits per heavy atom. The minimum absolute atomic E-state index is 0.101. The molecule has 1 aliphatic heterocycles. The summed E-state index contributed by atoms with van der Waals surface area (Å²) in [5, 5.41) is 3.49. The second-order valence-corrected chi connectivity index (χ2v) is 5.92. The van der Waals surface area contributed by atoms with E-state index >= 15 is 0 Å². The minimum Gasteiger partial charge on any atom is -0.381 e. The summed E-state index contributed by atoms with van der Waals surface area (Å²) in [4.78, 5) is 13.9. The van der Waals surface area contributed by atoms with Crippen molar-refractivity contribution in [2.75, 3.05) is 16.8 Å². The molecule has 0 saturated carbocycles. The first kappa shape index (κ1) is 12.9. The number of amides is 1. The van der Waals surface area contributed by atoms with Gasteiger partial charge in [-0.15, -0.1) is 0 Å². The van der Waals surface area contributed by atoms with Crippen LogP contribution in [0.15, 0.2) is 18.2 Å². The van der Waals surface area contributed by atoms with Crippen LogP contribution in [0.3, 0.4) is 0 Å². The molecule has 3 nitrogen and oxygen atoms in total. The number of nitrogens with zero attached hydrogens (tertiary/aromatic N) is 1. The number of nitrogens with one attached hydrogen (secondary N) is 1. The van der Waals surface area contributed by atoms with Crippen molar-refractivity contribution < 1.29 is 4.79 Å². The molecule has 1 amide bonds. The minimum atomic E-state index is -0.186. The van der Waals surface area contributed by atoms with Crippen molar-refractivity contribution >= 4 is 17.3 Å². The van der Waals surface area contributed by atoms with E-state index in [9.17, 15) is 4.79 Å². The number of para-hydroxylation sites is 1. The molecule has 0 aliphatic carbocycles. The Balaban J connectivity index is 2.60. The molecule has 3 heteroatoms. The van der Waals surface area contributed by atoms with Crippen LogP contribution in [0.2, 0.25) is 0 Å². The molecular formula is C15H22N2O. The standard InChI is InChI=1S/C15H22N2O/c1-10(2)12-7-6-8-13-14(12)16-9-15(4,5)17(13)11(3)18/h6-8,10,16H,9H2,1-5H3. The van der Waals surface area contributed by atoms with E-state index in [-0.39, 0.29) is 11.4 Å². The molecule has 0 radical (unpaired) electrons. The fourth-order valence-corrected chi connectivity index (χ4v) is 2.72. The van der Waals surface area contributed by atoms with Crippen LogP contribution in [0.5, 0.6) is 0 Å². The maximum atomic E-state index is 12.0. The fraction of sp³-hybridized carbons (Fsp3) is 0.533. The zero-order valence-corrected chi connectivity index (χ0v) is 11.9. The van der Waals surface area contributed by atoms with E-state index in [1.165, 1.54) is 5.56 Å². The summed E-state index contributed by atoms with van der Waals surface area (Å²) < 4.78 is 0. The summed E-state index contributed by atoms with van der Waals surface area (Å²) in [6.45, 7) is 10.9.